The maximum atomic E-state index is 13.8. The molecule has 0 spiro atoms. The van der Waals surface area contributed by atoms with E-state index in [0.717, 1.165) is 18.9 Å². The van der Waals surface area contributed by atoms with Crippen molar-refractivity contribution < 1.29 is 18.9 Å². The van der Waals surface area contributed by atoms with Crippen LogP contribution in [0.15, 0.2) is 30.5 Å². The number of amides is 1. The lowest BCUT2D eigenvalue weighted by Gasteiger charge is -2.15. The van der Waals surface area contributed by atoms with E-state index in [9.17, 15) is 13.6 Å². The molecular weight excluding hydrogens is 326 g/mol. The summed E-state index contributed by atoms with van der Waals surface area (Å²) in [6.07, 6.45) is 6.22. The summed E-state index contributed by atoms with van der Waals surface area (Å²) in [4.78, 5) is 12.2. The Balaban J connectivity index is 1.55. The molecule has 1 aliphatic rings. The number of nitrogens with zero attached hydrogens (tertiary/aromatic N) is 2. The Morgan fingerprint density at radius 1 is 1.36 bits per heavy atom. The molecule has 134 valence electrons. The number of aromatic nitrogens is 2. The summed E-state index contributed by atoms with van der Waals surface area (Å²) < 4.78 is 28.6. The Bertz CT molecular complexity index is 740. The fraction of sp³-hybridized carbons (Fsp3) is 0.444. The lowest BCUT2D eigenvalue weighted by Crippen LogP contribution is -2.86. The second-order valence-corrected chi connectivity index (χ2v) is 6.54. The highest BCUT2D eigenvalue weighted by molar-refractivity contribution is 5.90. The van der Waals surface area contributed by atoms with Crippen LogP contribution in [0.1, 0.15) is 50.3 Å². The number of hydrogen-bond acceptors (Lipinski definition) is 2. The van der Waals surface area contributed by atoms with E-state index in [0.29, 0.717) is 17.4 Å². The monoisotopic (exact) mass is 349 g/mol. The van der Waals surface area contributed by atoms with Crippen molar-refractivity contribution in [1.82, 2.24) is 9.78 Å². The minimum absolute atomic E-state index is 0.147. The zero-order valence-electron chi connectivity index (χ0n) is 14.2. The average molecular weight is 349 g/mol. The second-order valence-electron chi connectivity index (χ2n) is 6.54. The number of carbonyl (C=O) groups is 1. The van der Waals surface area contributed by atoms with Crippen LogP contribution < -0.4 is 10.6 Å². The van der Waals surface area contributed by atoms with Gasteiger partial charge in [-0.05, 0) is 31.9 Å². The van der Waals surface area contributed by atoms with Crippen LogP contribution in [0.5, 0.6) is 0 Å². The normalized spacial score (nSPS) is 16.1. The van der Waals surface area contributed by atoms with Crippen LogP contribution in [0.4, 0.5) is 14.6 Å². The molecule has 1 saturated carbocycles. The first-order valence-corrected chi connectivity index (χ1v) is 8.66. The number of nitrogens with one attached hydrogen (secondary N) is 1. The number of quaternary nitrogens is 1. The van der Waals surface area contributed by atoms with Gasteiger partial charge in [0.05, 0.1) is 12.2 Å². The fourth-order valence-corrected chi connectivity index (χ4v) is 3.33. The number of rotatable bonds is 6. The number of halogens is 2. The van der Waals surface area contributed by atoms with Gasteiger partial charge in [-0.25, -0.2) is 13.5 Å². The minimum Gasteiger partial charge on any atom is -0.332 e. The summed E-state index contributed by atoms with van der Waals surface area (Å²) >= 11 is 0. The molecule has 1 amide bonds. The van der Waals surface area contributed by atoms with Gasteiger partial charge in [0.15, 0.2) is 6.54 Å². The molecule has 0 bridgehead atoms. The molecule has 0 aliphatic heterocycles. The lowest BCUT2D eigenvalue weighted by atomic mass is 10.1. The predicted octanol–water partition coefficient (Wildman–Crippen LogP) is 2.54. The summed E-state index contributed by atoms with van der Waals surface area (Å²) in [7, 11) is 0. The quantitative estimate of drug-likeness (QED) is 0.842. The summed E-state index contributed by atoms with van der Waals surface area (Å²) in [6.45, 7) is 1.93. The number of carbonyl (C=O) groups excluding carboxylic acids is 1. The Hall–Kier alpha value is -2.28. The number of anilines is 1. The van der Waals surface area contributed by atoms with E-state index in [-0.39, 0.29) is 18.5 Å². The van der Waals surface area contributed by atoms with Crippen molar-refractivity contribution in [2.75, 3.05) is 11.9 Å². The molecular formula is C18H23F2N4O+. The van der Waals surface area contributed by atoms with Crippen LogP contribution in [-0.4, -0.2) is 22.2 Å². The second kappa shape index (κ2) is 7.74. The third-order valence-electron chi connectivity index (χ3n) is 4.72. The topological polar surface area (TPSA) is 63.5 Å². The molecule has 1 aromatic carbocycles. The summed E-state index contributed by atoms with van der Waals surface area (Å²) in [5.74, 6) is -0.671. The zero-order chi connectivity index (χ0) is 17.8. The highest BCUT2D eigenvalue weighted by Crippen LogP contribution is 2.31. The number of benzene rings is 1. The van der Waals surface area contributed by atoms with Gasteiger partial charge < -0.3 is 10.6 Å². The third-order valence-corrected chi connectivity index (χ3v) is 4.72. The minimum atomic E-state index is -0.605. The molecule has 1 aliphatic carbocycles. The molecule has 1 fully saturated rings. The van der Waals surface area contributed by atoms with E-state index in [1.807, 2.05) is 4.68 Å². The Morgan fingerprint density at radius 3 is 2.84 bits per heavy atom. The Kier molecular flexibility index (Phi) is 5.43. The van der Waals surface area contributed by atoms with E-state index in [4.69, 9.17) is 0 Å². The largest absolute Gasteiger partial charge is 0.332 e. The number of nitrogens with two attached hydrogens (primary N) is 1. The van der Waals surface area contributed by atoms with Crippen molar-refractivity contribution in [2.24, 2.45) is 0 Å². The molecule has 7 heteroatoms. The van der Waals surface area contributed by atoms with Gasteiger partial charge in [0, 0.05) is 17.7 Å². The Morgan fingerprint density at radius 2 is 2.12 bits per heavy atom. The average Bonchev–Trinajstić information content (AvgIpc) is 3.23. The van der Waals surface area contributed by atoms with E-state index < -0.39 is 11.6 Å². The van der Waals surface area contributed by atoms with Crippen LogP contribution >= 0.6 is 0 Å². The Labute approximate surface area is 145 Å². The van der Waals surface area contributed by atoms with Crippen LogP contribution in [0.2, 0.25) is 0 Å². The molecule has 0 unspecified atom stereocenters. The van der Waals surface area contributed by atoms with Crippen LogP contribution in [0.25, 0.3) is 0 Å². The first-order valence-electron chi connectivity index (χ1n) is 8.66. The third kappa shape index (κ3) is 4.22. The standard InChI is InChI=1S/C18H22F2N4O/c1-12(15-7-6-13(19)10-16(15)20)21-11-18(25)23-17-8-9-22-24(17)14-4-2-3-5-14/h6-10,12,14,21H,2-5,11H2,1H3,(H,23,25)/p+1/t12-/m0/s1. The summed E-state index contributed by atoms with van der Waals surface area (Å²) in [6, 6.07) is 5.36. The van der Waals surface area contributed by atoms with Crippen LogP contribution in [0.3, 0.4) is 0 Å². The highest BCUT2D eigenvalue weighted by atomic mass is 19.1. The van der Waals surface area contributed by atoms with Gasteiger partial charge >= 0.3 is 0 Å². The van der Waals surface area contributed by atoms with Gasteiger partial charge in [-0.15, -0.1) is 0 Å². The molecule has 1 aromatic heterocycles. The van der Waals surface area contributed by atoms with Crippen molar-refractivity contribution in [3.8, 4) is 0 Å². The molecule has 1 heterocycles. The summed E-state index contributed by atoms with van der Waals surface area (Å²) in [5.41, 5.74) is 0.380. The van der Waals surface area contributed by atoms with Gasteiger partial charge in [0.25, 0.3) is 5.91 Å². The van der Waals surface area contributed by atoms with Gasteiger partial charge in [0.2, 0.25) is 0 Å². The van der Waals surface area contributed by atoms with Crippen molar-refractivity contribution in [1.29, 1.82) is 0 Å². The van der Waals surface area contributed by atoms with Gasteiger partial charge in [-0.2, -0.15) is 5.10 Å². The van der Waals surface area contributed by atoms with E-state index in [1.165, 1.54) is 25.0 Å². The highest BCUT2D eigenvalue weighted by Gasteiger charge is 2.21. The van der Waals surface area contributed by atoms with Gasteiger partial charge in [-0.1, -0.05) is 12.8 Å². The van der Waals surface area contributed by atoms with Crippen molar-refractivity contribution in [2.45, 2.75) is 44.7 Å². The molecule has 3 rings (SSSR count). The molecule has 5 nitrogen and oxygen atoms in total. The molecule has 3 N–H and O–H groups in total. The maximum absolute atomic E-state index is 13.8. The van der Waals surface area contributed by atoms with E-state index >= 15 is 0 Å². The lowest BCUT2D eigenvalue weighted by molar-refractivity contribution is -0.682. The van der Waals surface area contributed by atoms with Gasteiger partial charge in [-0.3, -0.25) is 4.79 Å². The fourth-order valence-electron chi connectivity index (χ4n) is 3.33. The predicted molar refractivity (Wildman–Crippen MR) is 89.9 cm³/mol. The molecule has 2 aromatic rings. The van der Waals surface area contributed by atoms with E-state index in [1.54, 1.807) is 24.5 Å². The first-order chi connectivity index (χ1) is 12.0. The van der Waals surface area contributed by atoms with Crippen LogP contribution in [-0.2, 0) is 4.79 Å². The summed E-state index contributed by atoms with van der Waals surface area (Å²) in [5, 5.41) is 8.92. The maximum Gasteiger partial charge on any atom is 0.280 e. The SMILES string of the molecule is C[C@H]([NH2+]CC(=O)Nc1ccnn1C1CCCC1)c1ccc(F)cc1F. The molecule has 25 heavy (non-hydrogen) atoms. The van der Waals surface area contributed by atoms with E-state index in [2.05, 4.69) is 10.4 Å². The molecule has 0 saturated heterocycles. The first kappa shape index (κ1) is 17.5. The van der Waals surface area contributed by atoms with Crippen LogP contribution in [0, 0.1) is 11.6 Å². The van der Waals surface area contributed by atoms with Gasteiger partial charge in [0.1, 0.15) is 23.5 Å². The molecule has 1 atom stereocenters. The van der Waals surface area contributed by atoms with Crippen molar-refractivity contribution in [3.05, 3.63) is 47.7 Å². The van der Waals surface area contributed by atoms with Crippen molar-refractivity contribution in [3.63, 3.8) is 0 Å². The van der Waals surface area contributed by atoms with Crippen molar-refractivity contribution >= 4 is 11.7 Å². The zero-order valence-corrected chi connectivity index (χ0v) is 14.2. The molecule has 0 radical (unpaired) electrons. The smallest absolute Gasteiger partial charge is 0.280 e. The number of hydrogen-bond donors (Lipinski definition) is 2.